The van der Waals surface area contributed by atoms with Gasteiger partial charge in [0.05, 0.1) is 25.6 Å². The van der Waals surface area contributed by atoms with Crippen LogP contribution in [0.15, 0.2) is 41.2 Å². The van der Waals surface area contributed by atoms with Crippen LogP contribution in [0.3, 0.4) is 0 Å². The number of hydrogen-bond acceptors (Lipinski definition) is 8. The highest BCUT2D eigenvalue weighted by Gasteiger charge is 2.24. The average molecular weight is 545 g/mol. The molecule has 1 aliphatic carbocycles. The first-order valence-electron chi connectivity index (χ1n) is 12.8. The van der Waals surface area contributed by atoms with Gasteiger partial charge in [0.25, 0.3) is 0 Å². The molecule has 1 fully saturated rings. The zero-order chi connectivity index (χ0) is 27.1. The highest BCUT2D eigenvalue weighted by atomic mass is 32.2. The van der Waals surface area contributed by atoms with Crippen LogP contribution in [-0.2, 0) is 27.9 Å². The third-order valence-electron chi connectivity index (χ3n) is 6.49. The highest BCUT2D eigenvalue weighted by molar-refractivity contribution is 7.92. The molecular formula is C26H36N6O5S. The second-order valence-electron chi connectivity index (χ2n) is 10.0. The molecule has 11 nitrogen and oxygen atoms in total. The fourth-order valence-electron chi connectivity index (χ4n) is 4.65. The maximum atomic E-state index is 12.8. The number of rotatable bonds is 12. The van der Waals surface area contributed by atoms with Gasteiger partial charge in [-0.15, -0.1) is 0 Å². The molecule has 0 unspecified atom stereocenters. The number of nitrogens with one attached hydrogen (secondary N) is 2. The smallest absolute Gasteiger partial charge is 0.243 e. The number of nitrogens with zero attached hydrogens (tertiary/aromatic N) is 4. The Morgan fingerprint density at radius 3 is 2.76 bits per heavy atom. The molecule has 1 saturated carbocycles. The second-order valence-corrected chi connectivity index (χ2v) is 11.8. The molecule has 0 aliphatic heterocycles. The third kappa shape index (κ3) is 7.57. The summed E-state index contributed by atoms with van der Waals surface area (Å²) in [6, 6.07) is 3.61. The second kappa shape index (κ2) is 12.4. The molecule has 2 heterocycles. The first-order chi connectivity index (χ1) is 18.2. The van der Waals surface area contributed by atoms with Crippen LogP contribution in [0.25, 0.3) is 11.0 Å². The largest absolute Gasteiger partial charge is 0.496 e. The van der Waals surface area contributed by atoms with E-state index in [1.54, 1.807) is 23.0 Å². The summed E-state index contributed by atoms with van der Waals surface area (Å²) in [4.78, 5) is 13.9. The number of anilines is 1. The van der Waals surface area contributed by atoms with Crippen LogP contribution in [0.2, 0.25) is 0 Å². The van der Waals surface area contributed by atoms with Gasteiger partial charge in [-0.3, -0.25) is 14.2 Å². The van der Waals surface area contributed by atoms with Gasteiger partial charge in [-0.1, -0.05) is 30.5 Å². The van der Waals surface area contributed by atoms with Crippen molar-refractivity contribution in [3.05, 3.63) is 47.8 Å². The normalized spacial score (nSPS) is 14.9. The zero-order valence-corrected chi connectivity index (χ0v) is 23.0. The van der Waals surface area contributed by atoms with E-state index in [4.69, 9.17) is 9.26 Å². The van der Waals surface area contributed by atoms with Gasteiger partial charge in [0.2, 0.25) is 15.9 Å². The Morgan fingerprint density at radius 1 is 1.24 bits per heavy atom. The summed E-state index contributed by atoms with van der Waals surface area (Å²) in [5, 5.41) is 11.7. The number of sulfonamides is 1. The Labute approximate surface area is 223 Å². The van der Waals surface area contributed by atoms with E-state index in [2.05, 4.69) is 20.3 Å². The summed E-state index contributed by atoms with van der Waals surface area (Å²) in [7, 11) is 1.82. The van der Waals surface area contributed by atoms with Crippen molar-refractivity contribution in [1.82, 2.24) is 25.2 Å². The lowest BCUT2D eigenvalue weighted by Gasteiger charge is -2.21. The van der Waals surface area contributed by atoms with Crippen molar-refractivity contribution in [2.24, 2.45) is 5.92 Å². The van der Waals surface area contributed by atoms with Crippen LogP contribution in [0, 0.1) is 5.92 Å². The SMILES string of the molecule is COc1cc(Cn2cc(CNC(=O)/C=C/CN(C)C)cn2)cc2onc(NS(=O)(=O)CC3CCCCC3)c12. The number of hydrogen-bond donors (Lipinski definition) is 2. The molecule has 3 aromatic rings. The maximum absolute atomic E-state index is 12.8. The molecule has 0 radical (unpaired) electrons. The number of carbonyl (C=O) groups is 1. The van der Waals surface area contributed by atoms with E-state index in [-0.39, 0.29) is 23.4 Å². The van der Waals surface area contributed by atoms with E-state index in [0.717, 1.165) is 36.8 Å². The Hall–Kier alpha value is -3.38. The quantitative estimate of drug-likeness (QED) is 0.333. The van der Waals surface area contributed by atoms with Crippen molar-refractivity contribution in [2.75, 3.05) is 38.2 Å². The molecule has 0 spiro atoms. The van der Waals surface area contributed by atoms with Crippen LogP contribution < -0.4 is 14.8 Å². The summed E-state index contributed by atoms with van der Waals surface area (Å²) in [6.45, 7) is 1.48. The Kier molecular flexibility index (Phi) is 9.05. The molecule has 4 rings (SSSR count). The average Bonchev–Trinajstić information content (AvgIpc) is 3.49. The Morgan fingerprint density at radius 2 is 2.03 bits per heavy atom. The summed E-state index contributed by atoms with van der Waals surface area (Å²) in [6.07, 6.45) is 12.1. The number of amides is 1. The minimum Gasteiger partial charge on any atom is -0.496 e. The summed E-state index contributed by atoms with van der Waals surface area (Å²) in [5.41, 5.74) is 2.12. The molecule has 12 heteroatoms. The van der Waals surface area contributed by atoms with Gasteiger partial charge in [-0.05, 0) is 50.6 Å². The van der Waals surface area contributed by atoms with E-state index in [9.17, 15) is 13.2 Å². The van der Waals surface area contributed by atoms with E-state index in [1.165, 1.54) is 19.6 Å². The lowest BCUT2D eigenvalue weighted by atomic mass is 9.91. The van der Waals surface area contributed by atoms with Crippen LogP contribution in [-0.4, -0.2) is 67.7 Å². The standard InChI is InChI=1S/C26H36N6O5S/c1-31(2)11-7-10-24(33)27-14-21-15-28-32(17-21)16-20-12-22(36-3)25-23(13-20)37-29-26(25)30-38(34,35)18-19-8-5-4-6-9-19/h7,10,12-13,15,17,19H,4-6,8-9,11,14,16,18H2,1-3H3,(H,27,33)(H,29,30)/b10-7+. The lowest BCUT2D eigenvalue weighted by Crippen LogP contribution is -2.24. The van der Waals surface area contributed by atoms with E-state index in [0.29, 0.717) is 36.4 Å². The van der Waals surface area contributed by atoms with Crippen molar-refractivity contribution >= 4 is 32.7 Å². The van der Waals surface area contributed by atoms with Crippen LogP contribution in [0.1, 0.15) is 43.2 Å². The molecular weight excluding hydrogens is 508 g/mol. The van der Waals surface area contributed by atoms with Crippen molar-refractivity contribution in [2.45, 2.75) is 45.2 Å². The van der Waals surface area contributed by atoms with Crippen LogP contribution in [0.5, 0.6) is 5.75 Å². The molecule has 0 atom stereocenters. The number of fused-ring (bicyclic) bond motifs is 1. The van der Waals surface area contributed by atoms with Gasteiger partial charge in [0.1, 0.15) is 11.1 Å². The topological polar surface area (TPSA) is 132 Å². The predicted molar refractivity (Wildman–Crippen MR) is 145 cm³/mol. The number of carbonyl (C=O) groups excluding carboxylic acids is 1. The Balaban J connectivity index is 1.41. The van der Waals surface area contributed by atoms with Gasteiger partial charge >= 0.3 is 0 Å². The summed E-state index contributed by atoms with van der Waals surface area (Å²) < 4.78 is 41.0. The van der Waals surface area contributed by atoms with Crippen molar-refractivity contribution in [1.29, 1.82) is 0 Å². The summed E-state index contributed by atoms with van der Waals surface area (Å²) >= 11 is 0. The van der Waals surface area contributed by atoms with E-state index in [1.807, 2.05) is 31.3 Å². The summed E-state index contributed by atoms with van der Waals surface area (Å²) in [5.74, 6) is 0.676. The molecule has 38 heavy (non-hydrogen) atoms. The lowest BCUT2D eigenvalue weighted by molar-refractivity contribution is -0.116. The highest BCUT2D eigenvalue weighted by Crippen LogP contribution is 2.35. The third-order valence-corrected chi connectivity index (χ3v) is 7.90. The molecule has 1 amide bonds. The fourth-order valence-corrected chi connectivity index (χ4v) is 6.13. The van der Waals surface area contributed by atoms with Crippen molar-refractivity contribution < 1.29 is 22.5 Å². The van der Waals surface area contributed by atoms with Crippen molar-refractivity contribution in [3.8, 4) is 5.75 Å². The van der Waals surface area contributed by atoms with Gasteiger partial charge in [0.15, 0.2) is 11.4 Å². The number of likely N-dealkylation sites (N-methyl/N-ethyl adjacent to an activating group) is 1. The fraction of sp³-hybridized carbons (Fsp3) is 0.500. The monoisotopic (exact) mass is 544 g/mol. The minimum absolute atomic E-state index is 0.0796. The molecule has 1 aromatic carbocycles. The molecule has 2 aromatic heterocycles. The molecule has 2 N–H and O–H groups in total. The number of ether oxygens (including phenoxy) is 1. The van der Waals surface area contributed by atoms with Crippen LogP contribution in [0.4, 0.5) is 5.82 Å². The Bertz CT molecular complexity index is 1370. The molecule has 1 aliphatic rings. The van der Waals surface area contributed by atoms with E-state index < -0.39 is 10.0 Å². The zero-order valence-electron chi connectivity index (χ0n) is 22.1. The van der Waals surface area contributed by atoms with Gasteiger partial charge in [0, 0.05) is 30.9 Å². The first kappa shape index (κ1) is 27.6. The van der Waals surface area contributed by atoms with Gasteiger partial charge < -0.3 is 19.5 Å². The van der Waals surface area contributed by atoms with Gasteiger partial charge in [-0.2, -0.15) is 5.10 Å². The predicted octanol–water partition coefficient (Wildman–Crippen LogP) is 3.14. The van der Waals surface area contributed by atoms with Crippen LogP contribution >= 0.6 is 0 Å². The molecule has 0 saturated heterocycles. The maximum Gasteiger partial charge on any atom is 0.243 e. The molecule has 206 valence electrons. The minimum atomic E-state index is -3.58. The molecule has 0 bridgehead atoms. The number of methoxy groups -OCH3 is 1. The first-order valence-corrected chi connectivity index (χ1v) is 14.4. The van der Waals surface area contributed by atoms with Crippen molar-refractivity contribution in [3.63, 3.8) is 0 Å². The van der Waals surface area contributed by atoms with Gasteiger partial charge in [-0.25, -0.2) is 8.42 Å². The van der Waals surface area contributed by atoms with E-state index >= 15 is 0 Å². The number of aromatic nitrogens is 3. The number of benzene rings is 1.